The van der Waals surface area contributed by atoms with E-state index in [4.69, 9.17) is 14.9 Å². The monoisotopic (exact) mass is 118 g/mol. The Labute approximate surface area is 47.9 Å². The first-order valence-corrected chi connectivity index (χ1v) is 2.64. The van der Waals surface area contributed by atoms with E-state index in [1.165, 1.54) is 7.11 Å². The molecule has 3 nitrogen and oxygen atoms in total. The van der Waals surface area contributed by atoms with Crippen LogP contribution in [-0.4, -0.2) is 35.6 Å². The molecular weight excluding hydrogens is 108 g/mol. The van der Waals surface area contributed by atoms with Gasteiger partial charge in [0.25, 0.3) is 0 Å². The first-order chi connectivity index (χ1) is 3.75. The fraction of sp³-hybridized carbons (Fsp3) is 1.00. The molecule has 0 bridgehead atoms. The lowest BCUT2D eigenvalue weighted by Crippen LogP contribution is -2.51. The van der Waals surface area contributed by atoms with Crippen molar-refractivity contribution in [3.8, 4) is 0 Å². The fourth-order valence-electron chi connectivity index (χ4n) is 0.804. The Morgan fingerprint density at radius 1 is 1.50 bits per heavy atom. The van der Waals surface area contributed by atoms with Crippen molar-refractivity contribution in [1.29, 1.82) is 0 Å². The standard InChI is InChI=1S/C5H10O3/c1-8-4-2-3(6)5(4)7/h3-7H,2H2,1H3. The molecule has 48 valence electrons. The van der Waals surface area contributed by atoms with E-state index in [-0.39, 0.29) is 6.10 Å². The van der Waals surface area contributed by atoms with Gasteiger partial charge in [0, 0.05) is 13.5 Å². The Bertz CT molecular complexity index is 83.7. The van der Waals surface area contributed by atoms with E-state index in [0.29, 0.717) is 6.42 Å². The molecule has 0 aromatic carbocycles. The van der Waals surface area contributed by atoms with Crippen molar-refractivity contribution in [2.45, 2.75) is 24.7 Å². The lowest BCUT2D eigenvalue weighted by molar-refractivity contribution is -0.156. The van der Waals surface area contributed by atoms with Crippen LogP contribution in [0.4, 0.5) is 0 Å². The van der Waals surface area contributed by atoms with Crippen molar-refractivity contribution < 1.29 is 14.9 Å². The highest BCUT2D eigenvalue weighted by Gasteiger charge is 2.38. The smallest absolute Gasteiger partial charge is 0.106 e. The van der Waals surface area contributed by atoms with Crippen molar-refractivity contribution in [3.05, 3.63) is 0 Å². The largest absolute Gasteiger partial charge is 0.390 e. The highest BCUT2D eigenvalue weighted by Crippen LogP contribution is 2.22. The lowest BCUT2D eigenvalue weighted by Gasteiger charge is -2.36. The quantitative estimate of drug-likeness (QED) is 0.470. The molecule has 1 saturated carbocycles. The van der Waals surface area contributed by atoms with Gasteiger partial charge in [-0.2, -0.15) is 0 Å². The van der Waals surface area contributed by atoms with Gasteiger partial charge < -0.3 is 14.9 Å². The maximum atomic E-state index is 8.80. The highest BCUT2D eigenvalue weighted by atomic mass is 16.5. The van der Waals surface area contributed by atoms with E-state index in [0.717, 1.165) is 0 Å². The summed E-state index contributed by atoms with van der Waals surface area (Å²) in [5, 5.41) is 17.5. The molecule has 8 heavy (non-hydrogen) atoms. The van der Waals surface area contributed by atoms with E-state index < -0.39 is 12.2 Å². The molecule has 0 spiro atoms. The Balaban J connectivity index is 2.25. The van der Waals surface area contributed by atoms with Crippen molar-refractivity contribution in [3.63, 3.8) is 0 Å². The molecule has 0 aromatic rings. The second kappa shape index (κ2) is 2.01. The Morgan fingerprint density at radius 3 is 2.25 bits per heavy atom. The van der Waals surface area contributed by atoms with Crippen molar-refractivity contribution >= 4 is 0 Å². The zero-order valence-corrected chi connectivity index (χ0v) is 4.74. The summed E-state index contributed by atoms with van der Waals surface area (Å²) in [5.41, 5.74) is 0. The van der Waals surface area contributed by atoms with Crippen LogP contribution in [-0.2, 0) is 4.74 Å². The normalized spacial score (nSPS) is 46.1. The number of hydrogen-bond donors (Lipinski definition) is 2. The van der Waals surface area contributed by atoms with Crippen molar-refractivity contribution in [2.24, 2.45) is 0 Å². The predicted octanol–water partition coefficient (Wildman–Crippen LogP) is -0.873. The summed E-state index contributed by atoms with van der Waals surface area (Å²) in [6.45, 7) is 0. The molecule has 3 heteroatoms. The maximum Gasteiger partial charge on any atom is 0.106 e. The molecule has 1 aliphatic rings. The number of ether oxygens (including phenoxy) is 1. The Hall–Kier alpha value is -0.120. The summed E-state index contributed by atoms with van der Waals surface area (Å²) in [7, 11) is 1.53. The van der Waals surface area contributed by atoms with Gasteiger partial charge in [0.15, 0.2) is 0 Å². The van der Waals surface area contributed by atoms with E-state index in [2.05, 4.69) is 0 Å². The molecule has 0 aliphatic heterocycles. The third kappa shape index (κ3) is 0.727. The van der Waals surface area contributed by atoms with Crippen LogP contribution in [0.25, 0.3) is 0 Å². The summed E-state index contributed by atoms with van der Waals surface area (Å²) in [5.74, 6) is 0. The van der Waals surface area contributed by atoms with Crippen LogP contribution in [0.5, 0.6) is 0 Å². The molecule has 3 atom stereocenters. The summed E-state index contributed by atoms with van der Waals surface area (Å²) in [6, 6.07) is 0. The Morgan fingerprint density at radius 2 is 2.12 bits per heavy atom. The van der Waals surface area contributed by atoms with Gasteiger partial charge in [-0.1, -0.05) is 0 Å². The third-order valence-corrected chi connectivity index (χ3v) is 1.55. The molecule has 1 aliphatic carbocycles. The molecule has 0 radical (unpaired) electrons. The maximum absolute atomic E-state index is 8.80. The number of rotatable bonds is 1. The SMILES string of the molecule is COC1CC(O)C1O. The van der Waals surface area contributed by atoms with Gasteiger partial charge in [-0.25, -0.2) is 0 Å². The average molecular weight is 118 g/mol. The van der Waals surface area contributed by atoms with E-state index in [1.807, 2.05) is 0 Å². The number of methoxy groups -OCH3 is 1. The Kier molecular flexibility index (Phi) is 1.51. The van der Waals surface area contributed by atoms with Gasteiger partial charge >= 0.3 is 0 Å². The zero-order chi connectivity index (χ0) is 6.15. The fourth-order valence-corrected chi connectivity index (χ4v) is 0.804. The zero-order valence-electron chi connectivity index (χ0n) is 4.74. The highest BCUT2D eigenvalue weighted by molar-refractivity contribution is 4.89. The molecular formula is C5H10O3. The minimum atomic E-state index is -0.653. The summed E-state index contributed by atoms with van der Waals surface area (Å²) in [4.78, 5) is 0. The van der Waals surface area contributed by atoms with Crippen LogP contribution in [0.2, 0.25) is 0 Å². The van der Waals surface area contributed by atoms with Crippen molar-refractivity contribution in [2.75, 3.05) is 7.11 Å². The van der Waals surface area contributed by atoms with Gasteiger partial charge in [-0.3, -0.25) is 0 Å². The second-order valence-corrected chi connectivity index (χ2v) is 2.07. The molecule has 0 saturated heterocycles. The van der Waals surface area contributed by atoms with Crippen LogP contribution >= 0.6 is 0 Å². The van der Waals surface area contributed by atoms with Gasteiger partial charge in [0.1, 0.15) is 6.10 Å². The number of aliphatic hydroxyl groups is 2. The molecule has 0 aromatic heterocycles. The van der Waals surface area contributed by atoms with Gasteiger partial charge in [-0.05, 0) is 0 Å². The predicted molar refractivity (Wildman–Crippen MR) is 27.4 cm³/mol. The molecule has 1 rings (SSSR count). The number of hydrogen-bond acceptors (Lipinski definition) is 3. The first-order valence-electron chi connectivity index (χ1n) is 2.64. The van der Waals surface area contributed by atoms with Crippen LogP contribution < -0.4 is 0 Å². The van der Waals surface area contributed by atoms with E-state index >= 15 is 0 Å². The summed E-state index contributed by atoms with van der Waals surface area (Å²) >= 11 is 0. The second-order valence-electron chi connectivity index (χ2n) is 2.07. The first kappa shape index (κ1) is 6.01. The van der Waals surface area contributed by atoms with Crippen LogP contribution in [0.3, 0.4) is 0 Å². The van der Waals surface area contributed by atoms with Crippen LogP contribution in [0.1, 0.15) is 6.42 Å². The van der Waals surface area contributed by atoms with Gasteiger partial charge in [-0.15, -0.1) is 0 Å². The van der Waals surface area contributed by atoms with Crippen LogP contribution in [0, 0.1) is 0 Å². The van der Waals surface area contributed by atoms with Crippen molar-refractivity contribution in [1.82, 2.24) is 0 Å². The molecule has 1 fully saturated rings. The topological polar surface area (TPSA) is 49.7 Å². The van der Waals surface area contributed by atoms with Gasteiger partial charge in [0.2, 0.25) is 0 Å². The number of aliphatic hydroxyl groups excluding tert-OH is 2. The summed E-state index contributed by atoms with van der Waals surface area (Å²) < 4.78 is 4.76. The van der Waals surface area contributed by atoms with E-state index in [1.54, 1.807) is 0 Å². The van der Waals surface area contributed by atoms with E-state index in [9.17, 15) is 0 Å². The minimum absolute atomic E-state index is 0.134. The molecule has 2 N–H and O–H groups in total. The van der Waals surface area contributed by atoms with Crippen LogP contribution in [0.15, 0.2) is 0 Å². The average Bonchev–Trinajstić information content (AvgIpc) is 1.81. The molecule has 0 amide bonds. The molecule has 0 heterocycles. The third-order valence-electron chi connectivity index (χ3n) is 1.55. The van der Waals surface area contributed by atoms with Gasteiger partial charge in [0.05, 0.1) is 12.2 Å². The minimum Gasteiger partial charge on any atom is -0.390 e. The lowest BCUT2D eigenvalue weighted by atomic mass is 9.88. The summed E-state index contributed by atoms with van der Waals surface area (Å²) in [6.07, 6.45) is -0.776. The molecule has 3 unspecified atom stereocenters.